The van der Waals surface area contributed by atoms with E-state index in [0.29, 0.717) is 6.61 Å². The molecule has 4 rings (SSSR count). The molecule has 0 aliphatic rings. The predicted molar refractivity (Wildman–Crippen MR) is 136 cm³/mol. The van der Waals surface area contributed by atoms with Gasteiger partial charge in [0.15, 0.2) is 0 Å². The quantitative estimate of drug-likeness (QED) is 0.279. The van der Waals surface area contributed by atoms with Crippen molar-refractivity contribution in [1.82, 2.24) is 4.90 Å². The van der Waals surface area contributed by atoms with Gasteiger partial charge in [-0.3, -0.25) is 0 Å². The first-order chi connectivity index (χ1) is 15.8. The highest BCUT2D eigenvalue weighted by Crippen LogP contribution is 2.33. The number of hydrogen-bond acceptors (Lipinski definition) is 2. The second-order valence-corrected chi connectivity index (χ2v) is 7.93. The maximum Gasteiger partial charge on any atom is 0.119 e. The van der Waals surface area contributed by atoms with Gasteiger partial charge in [0.05, 0.1) is 0 Å². The van der Waals surface area contributed by atoms with E-state index in [4.69, 9.17) is 4.74 Å². The van der Waals surface area contributed by atoms with E-state index in [2.05, 4.69) is 122 Å². The van der Waals surface area contributed by atoms with E-state index in [9.17, 15) is 0 Å². The molecular formula is C30H31NO. The lowest BCUT2D eigenvalue weighted by molar-refractivity contribution is 0.223. The minimum absolute atomic E-state index is 0.711. The van der Waals surface area contributed by atoms with Crippen molar-refractivity contribution in [1.29, 1.82) is 0 Å². The van der Waals surface area contributed by atoms with Crippen LogP contribution >= 0.6 is 0 Å². The Morgan fingerprint density at radius 1 is 0.531 bits per heavy atom. The summed E-state index contributed by atoms with van der Waals surface area (Å²) in [4.78, 5) is 2.37. The summed E-state index contributed by atoms with van der Waals surface area (Å²) in [7, 11) is 0. The van der Waals surface area contributed by atoms with Crippen LogP contribution in [0.25, 0.3) is 33.4 Å². The summed E-state index contributed by atoms with van der Waals surface area (Å²) in [6.45, 7) is 8.15. The van der Waals surface area contributed by atoms with E-state index in [-0.39, 0.29) is 0 Å². The van der Waals surface area contributed by atoms with Crippen molar-refractivity contribution in [3.05, 3.63) is 103 Å². The molecule has 0 amide bonds. The van der Waals surface area contributed by atoms with Crippen LogP contribution in [0.5, 0.6) is 5.75 Å². The van der Waals surface area contributed by atoms with Gasteiger partial charge in [0.2, 0.25) is 0 Å². The zero-order valence-corrected chi connectivity index (χ0v) is 19.0. The standard InChI is InChI=1S/C30H31NO/c1-3-31(4-2)19-20-32-30-17-15-26(16-18-30)29-22-27(24-11-7-5-8-12-24)21-28(23-29)25-13-9-6-10-14-25/h5-18,21-23H,3-4,19-20H2,1-2H3. The molecule has 0 atom stereocenters. The molecule has 32 heavy (non-hydrogen) atoms. The Balaban J connectivity index is 1.61. The number of hydrogen-bond donors (Lipinski definition) is 0. The Morgan fingerprint density at radius 3 is 1.41 bits per heavy atom. The van der Waals surface area contributed by atoms with Gasteiger partial charge in [-0.2, -0.15) is 0 Å². The number of benzene rings is 4. The van der Waals surface area contributed by atoms with Crippen molar-refractivity contribution < 1.29 is 4.74 Å². The van der Waals surface area contributed by atoms with Gasteiger partial charge in [0, 0.05) is 6.54 Å². The predicted octanol–water partition coefficient (Wildman–Crippen LogP) is 7.41. The van der Waals surface area contributed by atoms with Gasteiger partial charge in [-0.1, -0.05) is 86.6 Å². The molecule has 0 bridgehead atoms. The second kappa shape index (κ2) is 10.8. The fraction of sp³-hybridized carbons (Fsp3) is 0.200. The minimum Gasteiger partial charge on any atom is -0.492 e. The summed E-state index contributed by atoms with van der Waals surface area (Å²) in [5, 5.41) is 0. The van der Waals surface area contributed by atoms with Gasteiger partial charge in [0.1, 0.15) is 12.4 Å². The zero-order valence-electron chi connectivity index (χ0n) is 19.0. The Kier molecular flexibility index (Phi) is 7.37. The minimum atomic E-state index is 0.711. The third-order valence-corrected chi connectivity index (χ3v) is 5.91. The van der Waals surface area contributed by atoms with Crippen molar-refractivity contribution in [3.63, 3.8) is 0 Å². The highest BCUT2D eigenvalue weighted by molar-refractivity contribution is 5.81. The van der Waals surface area contributed by atoms with Crippen LogP contribution in [0.15, 0.2) is 103 Å². The average Bonchev–Trinajstić information content (AvgIpc) is 2.88. The van der Waals surface area contributed by atoms with Gasteiger partial charge in [-0.15, -0.1) is 0 Å². The summed E-state index contributed by atoms with van der Waals surface area (Å²) in [6.07, 6.45) is 0. The highest BCUT2D eigenvalue weighted by Gasteiger charge is 2.08. The Bertz CT molecular complexity index is 1040. The molecule has 0 N–H and O–H groups in total. The first-order valence-corrected chi connectivity index (χ1v) is 11.5. The van der Waals surface area contributed by atoms with Gasteiger partial charge < -0.3 is 9.64 Å². The molecule has 0 aliphatic heterocycles. The smallest absolute Gasteiger partial charge is 0.119 e. The first-order valence-electron chi connectivity index (χ1n) is 11.5. The number of likely N-dealkylation sites (N-methyl/N-ethyl adjacent to an activating group) is 1. The monoisotopic (exact) mass is 421 g/mol. The largest absolute Gasteiger partial charge is 0.492 e. The molecule has 0 aliphatic carbocycles. The molecule has 0 saturated heterocycles. The third kappa shape index (κ3) is 5.46. The van der Waals surface area contributed by atoms with Gasteiger partial charge >= 0.3 is 0 Å². The Hall–Kier alpha value is -3.36. The maximum absolute atomic E-state index is 5.98. The SMILES string of the molecule is CCN(CC)CCOc1ccc(-c2cc(-c3ccccc3)cc(-c3ccccc3)c2)cc1. The molecule has 162 valence electrons. The maximum atomic E-state index is 5.98. The van der Waals surface area contributed by atoms with Crippen molar-refractivity contribution in [2.75, 3.05) is 26.2 Å². The van der Waals surface area contributed by atoms with E-state index in [1.165, 1.54) is 33.4 Å². The van der Waals surface area contributed by atoms with Gasteiger partial charge in [-0.05, 0) is 76.8 Å². The number of nitrogens with zero attached hydrogens (tertiary/aromatic N) is 1. The van der Waals surface area contributed by atoms with Crippen LogP contribution in [-0.4, -0.2) is 31.1 Å². The van der Waals surface area contributed by atoms with Crippen LogP contribution in [0.3, 0.4) is 0 Å². The summed E-state index contributed by atoms with van der Waals surface area (Å²) in [5.74, 6) is 0.920. The molecule has 0 saturated carbocycles. The van der Waals surface area contributed by atoms with E-state index >= 15 is 0 Å². The summed E-state index contributed by atoms with van der Waals surface area (Å²) in [6, 6.07) is 36.5. The normalized spacial score (nSPS) is 11.0. The van der Waals surface area contributed by atoms with Crippen LogP contribution in [0.1, 0.15) is 13.8 Å². The molecule has 2 heteroatoms. The molecule has 0 unspecified atom stereocenters. The van der Waals surface area contributed by atoms with Crippen LogP contribution in [0.4, 0.5) is 0 Å². The van der Waals surface area contributed by atoms with E-state index in [1.54, 1.807) is 0 Å². The summed E-state index contributed by atoms with van der Waals surface area (Å²) < 4.78 is 5.98. The van der Waals surface area contributed by atoms with E-state index < -0.39 is 0 Å². The van der Waals surface area contributed by atoms with Crippen molar-refractivity contribution in [2.24, 2.45) is 0 Å². The van der Waals surface area contributed by atoms with Crippen LogP contribution in [0.2, 0.25) is 0 Å². The average molecular weight is 422 g/mol. The van der Waals surface area contributed by atoms with Crippen LogP contribution in [0, 0.1) is 0 Å². The number of ether oxygens (including phenoxy) is 1. The highest BCUT2D eigenvalue weighted by atomic mass is 16.5. The zero-order chi connectivity index (χ0) is 22.2. The molecule has 0 aromatic heterocycles. The third-order valence-electron chi connectivity index (χ3n) is 5.91. The molecule has 4 aromatic rings. The fourth-order valence-corrected chi connectivity index (χ4v) is 3.96. The summed E-state index contributed by atoms with van der Waals surface area (Å²) >= 11 is 0. The van der Waals surface area contributed by atoms with Gasteiger partial charge in [-0.25, -0.2) is 0 Å². The molecule has 2 nitrogen and oxygen atoms in total. The fourth-order valence-electron chi connectivity index (χ4n) is 3.96. The molecule has 0 fully saturated rings. The van der Waals surface area contributed by atoms with Crippen LogP contribution in [-0.2, 0) is 0 Å². The molecule has 0 spiro atoms. The van der Waals surface area contributed by atoms with Crippen molar-refractivity contribution >= 4 is 0 Å². The molecule has 0 radical (unpaired) electrons. The molecule has 0 heterocycles. The molecule has 4 aromatic carbocycles. The lowest BCUT2D eigenvalue weighted by atomic mass is 9.93. The first kappa shape index (κ1) is 21.9. The van der Waals surface area contributed by atoms with E-state index in [0.717, 1.165) is 25.4 Å². The van der Waals surface area contributed by atoms with Crippen LogP contribution < -0.4 is 4.74 Å². The van der Waals surface area contributed by atoms with Gasteiger partial charge in [0.25, 0.3) is 0 Å². The van der Waals surface area contributed by atoms with Crippen molar-refractivity contribution in [2.45, 2.75) is 13.8 Å². The topological polar surface area (TPSA) is 12.5 Å². The Morgan fingerprint density at radius 2 is 0.969 bits per heavy atom. The van der Waals surface area contributed by atoms with Crippen molar-refractivity contribution in [3.8, 4) is 39.1 Å². The lowest BCUT2D eigenvalue weighted by Gasteiger charge is -2.18. The lowest BCUT2D eigenvalue weighted by Crippen LogP contribution is -2.27. The second-order valence-electron chi connectivity index (χ2n) is 7.93. The number of rotatable bonds is 9. The molecular weight excluding hydrogens is 390 g/mol. The summed E-state index contributed by atoms with van der Waals surface area (Å²) in [5.41, 5.74) is 7.30. The van der Waals surface area contributed by atoms with E-state index in [1.807, 2.05) is 0 Å². The Labute approximate surface area is 192 Å².